The second-order valence-electron chi connectivity index (χ2n) is 7.34. The van der Waals surface area contributed by atoms with Crippen molar-refractivity contribution in [2.75, 3.05) is 4.90 Å². The van der Waals surface area contributed by atoms with Gasteiger partial charge in [-0.2, -0.15) is 13.2 Å². The molecule has 0 spiro atoms. The third kappa shape index (κ3) is 3.62. The van der Waals surface area contributed by atoms with Crippen molar-refractivity contribution < 1.29 is 27.2 Å². The van der Waals surface area contributed by atoms with Gasteiger partial charge in [0.15, 0.2) is 5.78 Å². The van der Waals surface area contributed by atoms with E-state index in [1.807, 2.05) is 0 Å². The van der Waals surface area contributed by atoms with Crippen molar-refractivity contribution in [2.45, 2.75) is 37.8 Å². The van der Waals surface area contributed by atoms with E-state index in [0.717, 1.165) is 23.1 Å². The van der Waals surface area contributed by atoms with Crippen LogP contribution < -0.4 is 4.90 Å². The molecule has 1 aliphatic heterocycles. The number of allylic oxidation sites excluding steroid dienone is 2. The Balaban J connectivity index is 1.89. The molecule has 3 nitrogen and oxygen atoms in total. The summed E-state index contributed by atoms with van der Waals surface area (Å²) in [5.41, 5.74) is 0.140. The lowest BCUT2D eigenvalue weighted by Crippen LogP contribution is -2.40. The number of ketones is 1. The molecule has 0 fully saturated rings. The number of rotatable bonds is 2. The smallest absolute Gasteiger partial charge is 0.294 e. The normalized spacial score (nSPS) is 19.9. The van der Waals surface area contributed by atoms with Crippen LogP contribution in [0.15, 0.2) is 53.7 Å². The first kappa shape index (κ1) is 20.6. The van der Waals surface area contributed by atoms with Crippen LogP contribution in [0.2, 0.25) is 5.02 Å². The molecule has 1 aliphatic carbocycles. The molecule has 30 heavy (non-hydrogen) atoms. The number of halogens is 5. The molecule has 0 saturated carbocycles. The van der Waals surface area contributed by atoms with E-state index in [1.54, 1.807) is 6.07 Å². The number of carbonyl (C=O) groups excluding carboxylic acids is 2. The third-order valence-corrected chi connectivity index (χ3v) is 5.76. The maximum absolute atomic E-state index is 13.8. The van der Waals surface area contributed by atoms with E-state index in [-0.39, 0.29) is 29.3 Å². The Labute approximate surface area is 174 Å². The van der Waals surface area contributed by atoms with Crippen molar-refractivity contribution in [1.29, 1.82) is 0 Å². The molecule has 1 atom stereocenters. The van der Waals surface area contributed by atoms with Crippen LogP contribution in [-0.4, -0.2) is 11.7 Å². The van der Waals surface area contributed by atoms with E-state index >= 15 is 0 Å². The lowest BCUT2D eigenvalue weighted by Gasteiger charge is -2.38. The summed E-state index contributed by atoms with van der Waals surface area (Å²) < 4.78 is 53.5. The number of Topliss-reactive ketones (excluding diaryl/α,β-unsaturated/α-hetero) is 1. The molecule has 0 N–H and O–H groups in total. The Kier molecular flexibility index (Phi) is 5.18. The largest absolute Gasteiger partial charge is 0.416 e. The Morgan fingerprint density at radius 1 is 1.03 bits per heavy atom. The van der Waals surface area contributed by atoms with Gasteiger partial charge >= 0.3 is 6.18 Å². The molecule has 156 valence electrons. The number of alkyl halides is 3. The SMILES string of the molecule is O=C1CCCC2=C1C(c1cccc(F)c1)CC(=O)N2c1cc(C(F)(F)F)ccc1Cl. The number of hydrogen-bond donors (Lipinski definition) is 0. The summed E-state index contributed by atoms with van der Waals surface area (Å²) >= 11 is 6.17. The van der Waals surface area contributed by atoms with Crippen molar-refractivity contribution in [3.8, 4) is 0 Å². The average Bonchev–Trinajstić information content (AvgIpc) is 2.67. The van der Waals surface area contributed by atoms with Crippen molar-refractivity contribution in [3.63, 3.8) is 0 Å². The monoisotopic (exact) mass is 437 g/mol. The van der Waals surface area contributed by atoms with Crippen LogP contribution >= 0.6 is 11.6 Å². The molecule has 0 saturated heterocycles. The van der Waals surface area contributed by atoms with Crippen LogP contribution in [0.1, 0.15) is 42.7 Å². The summed E-state index contributed by atoms with van der Waals surface area (Å²) in [6.07, 6.45) is -3.70. The zero-order valence-corrected chi connectivity index (χ0v) is 16.4. The number of nitrogens with zero attached hydrogens (tertiary/aromatic N) is 1. The first-order valence-corrected chi connectivity index (χ1v) is 9.76. The van der Waals surface area contributed by atoms with Gasteiger partial charge in [0.1, 0.15) is 5.82 Å². The summed E-state index contributed by atoms with van der Waals surface area (Å²) in [5, 5.41) is -0.0228. The Morgan fingerprint density at radius 2 is 1.80 bits per heavy atom. The van der Waals surface area contributed by atoms with Gasteiger partial charge in [-0.05, 0) is 48.7 Å². The number of amides is 1. The Bertz CT molecular complexity index is 1080. The van der Waals surface area contributed by atoms with Crippen molar-refractivity contribution >= 4 is 29.0 Å². The quantitative estimate of drug-likeness (QED) is 0.538. The molecule has 0 bridgehead atoms. The highest BCUT2D eigenvalue weighted by Crippen LogP contribution is 2.45. The summed E-state index contributed by atoms with van der Waals surface area (Å²) in [4.78, 5) is 27.0. The minimum Gasteiger partial charge on any atom is -0.294 e. The molecule has 0 aromatic heterocycles. The van der Waals surface area contributed by atoms with Gasteiger partial charge in [0.25, 0.3) is 0 Å². The molecule has 2 aromatic carbocycles. The second kappa shape index (κ2) is 7.54. The molecule has 2 aliphatic rings. The molecule has 1 heterocycles. The zero-order valence-electron chi connectivity index (χ0n) is 15.6. The van der Waals surface area contributed by atoms with Crippen LogP contribution in [0.4, 0.5) is 23.2 Å². The minimum atomic E-state index is -4.61. The predicted octanol–water partition coefficient (Wildman–Crippen LogP) is 6.03. The van der Waals surface area contributed by atoms with E-state index in [0.29, 0.717) is 29.7 Å². The van der Waals surface area contributed by atoms with E-state index in [9.17, 15) is 27.2 Å². The summed E-state index contributed by atoms with van der Waals surface area (Å²) in [7, 11) is 0. The molecular weight excluding hydrogens is 422 g/mol. The summed E-state index contributed by atoms with van der Waals surface area (Å²) in [6.45, 7) is 0. The molecule has 2 aromatic rings. The fourth-order valence-electron chi connectivity index (χ4n) is 4.14. The van der Waals surface area contributed by atoms with Gasteiger partial charge in [0.05, 0.1) is 16.3 Å². The molecule has 8 heteroatoms. The average molecular weight is 438 g/mol. The van der Waals surface area contributed by atoms with E-state index in [1.165, 1.54) is 18.2 Å². The number of benzene rings is 2. The zero-order chi connectivity index (χ0) is 21.6. The fourth-order valence-corrected chi connectivity index (χ4v) is 4.34. The molecule has 0 radical (unpaired) electrons. The fraction of sp³-hybridized carbons (Fsp3) is 0.273. The maximum atomic E-state index is 13.8. The van der Waals surface area contributed by atoms with Crippen molar-refractivity contribution in [3.05, 3.63) is 75.7 Å². The first-order chi connectivity index (χ1) is 14.2. The van der Waals surface area contributed by atoms with Gasteiger partial charge in [-0.3, -0.25) is 14.5 Å². The minimum absolute atomic E-state index is 0.0228. The van der Waals surface area contributed by atoms with Gasteiger partial charge in [0.2, 0.25) is 5.91 Å². The van der Waals surface area contributed by atoms with Gasteiger partial charge < -0.3 is 0 Å². The van der Waals surface area contributed by atoms with Crippen LogP contribution in [0.25, 0.3) is 0 Å². The van der Waals surface area contributed by atoms with Gasteiger partial charge in [0, 0.05) is 30.0 Å². The van der Waals surface area contributed by atoms with Gasteiger partial charge in [-0.25, -0.2) is 4.39 Å². The third-order valence-electron chi connectivity index (χ3n) is 5.44. The molecule has 1 amide bonds. The van der Waals surface area contributed by atoms with Gasteiger partial charge in [-0.1, -0.05) is 23.7 Å². The molecule has 1 unspecified atom stereocenters. The van der Waals surface area contributed by atoms with E-state index < -0.39 is 29.4 Å². The highest BCUT2D eigenvalue weighted by Gasteiger charge is 2.41. The number of carbonyl (C=O) groups is 2. The predicted molar refractivity (Wildman–Crippen MR) is 104 cm³/mol. The molecule has 4 rings (SSSR count). The number of hydrogen-bond acceptors (Lipinski definition) is 2. The summed E-state index contributed by atoms with van der Waals surface area (Å²) in [5.74, 6) is -1.81. The summed E-state index contributed by atoms with van der Waals surface area (Å²) in [6, 6.07) is 8.44. The first-order valence-electron chi connectivity index (χ1n) is 9.38. The number of anilines is 1. The standard InChI is InChI=1S/C22H16ClF4NO2/c23-16-8-7-13(22(25,26)27)10-18(16)28-17-5-2-6-19(29)21(17)15(11-20(28)30)12-3-1-4-14(24)9-12/h1,3-4,7-10,15H,2,5-6,11H2. The highest BCUT2D eigenvalue weighted by molar-refractivity contribution is 6.34. The Morgan fingerprint density at radius 3 is 2.50 bits per heavy atom. The lowest BCUT2D eigenvalue weighted by atomic mass is 9.77. The highest BCUT2D eigenvalue weighted by atomic mass is 35.5. The maximum Gasteiger partial charge on any atom is 0.416 e. The van der Waals surface area contributed by atoms with Crippen LogP contribution in [0.3, 0.4) is 0 Å². The Hall–Kier alpha value is -2.67. The van der Waals surface area contributed by atoms with Crippen LogP contribution in [0.5, 0.6) is 0 Å². The van der Waals surface area contributed by atoms with Gasteiger partial charge in [-0.15, -0.1) is 0 Å². The van der Waals surface area contributed by atoms with Crippen molar-refractivity contribution in [2.24, 2.45) is 0 Å². The second-order valence-corrected chi connectivity index (χ2v) is 7.75. The van der Waals surface area contributed by atoms with Crippen molar-refractivity contribution in [1.82, 2.24) is 0 Å². The topological polar surface area (TPSA) is 37.4 Å². The van der Waals surface area contributed by atoms with E-state index in [2.05, 4.69) is 0 Å². The van der Waals surface area contributed by atoms with Crippen LogP contribution in [-0.2, 0) is 15.8 Å². The molecular formula is C22H16ClF4NO2. The lowest BCUT2D eigenvalue weighted by molar-refractivity contribution is -0.137. The van der Waals surface area contributed by atoms with Crippen LogP contribution in [0, 0.1) is 5.82 Å². The van der Waals surface area contributed by atoms with E-state index in [4.69, 9.17) is 11.6 Å².